The van der Waals surface area contributed by atoms with Gasteiger partial charge in [0, 0.05) is 0 Å². The number of halogens is 2. The summed E-state index contributed by atoms with van der Waals surface area (Å²) in [7, 11) is 0. The van der Waals surface area contributed by atoms with Gasteiger partial charge >= 0.3 is 12.6 Å². The average Bonchev–Trinajstić information content (AvgIpc) is 2.97. The number of nitrogens with zero attached hydrogens (tertiary/aromatic N) is 1. The van der Waals surface area contributed by atoms with Crippen LogP contribution in [0, 0.1) is 0 Å². The highest BCUT2D eigenvalue weighted by Crippen LogP contribution is 2.37. The highest BCUT2D eigenvalue weighted by Gasteiger charge is 2.33. The second-order valence-corrected chi connectivity index (χ2v) is 7.57. The molecule has 1 aliphatic rings. The number of alkyl halides is 2. The Hall–Kier alpha value is -2.98. The van der Waals surface area contributed by atoms with E-state index in [1.165, 1.54) is 41.3 Å². The summed E-state index contributed by atoms with van der Waals surface area (Å²) in [6.07, 6.45) is 1.55. The molecule has 1 aliphatic heterocycles. The third-order valence-electron chi connectivity index (χ3n) is 3.93. The van der Waals surface area contributed by atoms with Crippen molar-refractivity contribution in [3.05, 3.63) is 58.5 Å². The van der Waals surface area contributed by atoms with E-state index < -0.39 is 18.5 Å². The normalized spacial score (nSPS) is 15.2. The van der Waals surface area contributed by atoms with Crippen molar-refractivity contribution >= 4 is 51.9 Å². The van der Waals surface area contributed by atoms with Gasteiger partial charge in [0.15, 0.2) is 15.8 Å². The van der Waals surface area contributed by atoms with Crippen LogP contribution in [0.1, 0.15) is 22.8 Å². The van der Waals surface area contributed by atoms with Crippen molar-refractivity contribution in [2.75, 3.05) is 11.5 Å². The molecule has 156 valence electrons. The second kappa shape index (κ2) is 9.23. The number of carbonyl (C=O) groups excluding carboxylic acids is 1. The fourth-order valence-corrected chi connectivity index (χ4v) is 3.99. The fourth-order valence-electron chi connectivity index (χ4n) is 2.70. The van der Waals surface area contributed by atoms with Crippen LogP contribution < -0.4 is 14.4 Å². The topological polar surface area (TPSA) is 76.1 Å². The van der Waals surface area contributed by atoms with E-state index in [1.807, 2.05) is 0 Å². The molecule has 1 amide bonds. The summed E-state index contributed by atoms with van der Waals surface area (Å²) in [5.74, 6) is -1.52. The van der Waals surface area contributed by atoms with Crippen LogP contribution in [0.4, 0.5) is 14.5 Å². The Morgan fingerprint density at radius 2 is 2.03 bits per heavy atom. The van der Waals surface area contributed by atoms with Gasteiger partial charge in [-0.2, -0.15) is 8.78 Å². The molecule has 0 radical (unpaired) electrons. The van der Waals surface area contributed by atoms with Crippen LogP contribution in [0.25, 0.3) is 6.08 Å². The third-order valence-corrected chi connectivity index (χ3v) is 5.23. The van der Waals surface area contributed by atoms with E-state index in [1.54, 1.807) is 19.1 Å². The lowest BCUT2D eigenvalue weighted by atomic mass is 10.1. The number of carbonyl (C=O) groups is 2. The van der Waals surface area contributed by atoms with Crippen molar-refractivity contribution in [3.63, 3.8) is 0 Å². The molecule has 1 heterocycles. The molecule has 0 saturated carbocycles. The van der Waals surface area contributed by atoms with Gasteiger partial charge in [-0.25, -0.2) is 4.79 Å². The minimum atomic E-state index is -2.99. The Labute approximate surface area is 180 Å². The van der Waals surface area contributed by atoms with Gasteiger partial charge in [0.2, 0.25) is 0 Å². The minimum Gasteiger partial charge on any atom is -0.490 e. The van der Waals surface area contributed by atoms with E-state index in [0.29, 0.717) is 16.2 Å². The van der Waals surface area contributed by atoms with Gasteiger partial charge < -0.3 is 14.6 Å². The van der Waals surface area contributed by atoms with Crippen LogP contribution in [0.3, 0.4) is 0 Å². The third kappa shape index (κ3) is 4.77. The lowest BCUT2D eigenvalue weighted by molar-refractivity contribution is -0.113. The molecule has 0 atom stereocenters. The zero-order valence-corrected chi connectivity index (χ0v) is 17.1. The summed E-state index contributed by atoms with van der Waals surface area (Å²) < 4.78 is 35.1. The molecule has 3 rings (SSSR count). The van der Waals surface area contributed by atoms with Crippen molar-refractivity contribution in [1.29, 1.82) is 0 Å². The summed E-state index contributed by atoms with van der Waals surface area (Å²) in [5.41, 5.74) is 0.901. The number of carboxylic acid groups (broad SMARTS) is 1. The number of thioether (sulfide) groups is 1. The average molecular weight is 451 g/mol. The van der Waals surface area contributed by atoms with Crippen LogP contribution in [-0.2, 0) is 4.79 Å². The zero-order valence-electron chi connectivity index (χ0n) is 15.5. The molecular formula is C20H15F2NO5S2. The lowest BCUT2D eigenvalue weighted by Crippen LogP contribution is -2.27. The monoisotopic (exact) mass is 451 g/mol. The molecule has 10 heteroatoms. The first-order valence-electron chi connectivity index (χ1n) is 8.63. The smallest absolute Gasteiger partial charge is 0.387 e. The Balaban J connectivity index is 1.91. The molecule has 1 fully saturated rings. The number of aromatic carboxylic acids is 1. The molecule has 6 nitrogen and oxygen atoms in total. The lowest BCUT2D eigenvalue weighted by Gasteiger charge is -2.15. The maximum atomic E-state index is 12.9. The second-order valence-electron chi connectivity index (χ2n) is 5.89. The van der Waals surface area contributed by atoms with Gasteiger partial charge in [-0.15, -0.1) is 0 Å². The molecule has 0 bridgehead atoms. The summed E-state index contributed by atoms with van der Waals surface area (Å²) in [4.78, 5) is 25.6. The van der Waals surface area contributed by atoms with Crippen molar-refractivity contribution < 1.29 is 33.0 Å². The number of hydrogen-bond donors (Lipinski definition) is 1. The highest BCUT2D eigenvalue weighted by atomic mass is 32.2. The number of benzene rings is 2. The Kier molecular flexibility index (Phi) is 6.68. The molecule has 0 unspecified atom stereocenters. The van der Waals surface area contributed by atoms with Gasteiger partial charge in [-0.05, 0) is 48.9 Å². The summed E-state index contributed by atoms with van der Waals surface area (Å²) in [6.45, 7) is -1.05. The van der Waals surface area contributed by atoms with Gasteiger partial charge in [0.25, 0.3) is 5.91 Å². The largest absolute Gasteiger partial charge is 0.490 e. The Morgan fingerprint density at radius 1 is 1.27 bits per heavy atom. The Morgan fingerprint density at radius 3 is 2.70 bits per heavy atom. The summed E-state index contributed by atoms with van der Waals surface area (Å²) in [5, 5.41) is 9.16. The van der Waals surface area contributed by atoms with Crippen LogP contribution in [0.2, 0.25) is 0 Å². The standard InChI is InChI=1S/C20H15F2NO5S2/c1-2-27-15-8-11(6-7-14(15)28-19(21)22)9-16-17(24)23(20(29)30-16)13-5-3-4-12(10-13)18(25)26/h3-10,19H,2H2,1H3,(H,25,26)/b16-9-. The molecule has 2 aromatic carbocycles. The van der Waals surface area contributed by atoms with Crippen LogP contribution in [0.15, 0.2) is 47.4 Å². The molecule has 0 aliphatic carbocycles. The molecule has 1 saturated heterocycles. The highest BCUT2D eigenvalue weighted by molar-refractivity contribution is 8.27. The van der Waals surface area contributed by atoms with Crippen molar-refractivity contribution in [1.82, 2.24) is 0 Å². The van der Waals surface area contributed by atoms with Gasteiger partial charge in [0.1, 0.15) is 0 Å². The van der Waals surface area contributed by atoms with E-state index in [-0.39, 0.29) is 28.0 Å². The number of rotatable bonds is 7. The number of anilines is 1. The van der Waals surface area contributed by atoms with E-state index in [2.05, 4.69) is 4.74 Å². The summed E-state index contributed by atoms with van der Waals surface area (Å²) >= 11 is 6.34. The molecule has 2 aromatic rings. The first kappa shape index (κ1) is 21.7. The summed E-state index contributed by atoms with van der Waals surface area (Å²) in [6, 6.07) is 10.2. The van der Waals surface area contributed by atoms with E-state index in [0.717, 1.165) is 11.8 Å². The maximum absolute atomic E-state index is 12.9. The van der Waals surface area contributed by atoms with Gasteiger partial charge in [-0.1, -0.05) is 36.1 Å². The number of amides is 1. The van der Waals surface area contributed by atoms with E-state index in [9.17, 15) is 18.4 Å². The SMILES string of the molecule is CCOc1cc(/C=C2\SC(=S)N(c3cccc(C(=O)O)c3)C2=O)ccc1OC(F)F. The van der Waals surface area contributed by atoms with Crippen molar-refractivity contribution in [2.45, 2.75) is 13.5 Å². The van der Waals surface area contributed by atoms with Gasteiger partial charge in [0.05, 0.1) is 22.8 Å². The minimum absolute atomic E-state index is 0.0292. The predicted octanol–water partition coefficient (Wildman–Crippen LogP) is 4.79. The number of ether oxygens (including phenoxy) is 2. The van der Waals surface area contributed by atoms with Crippen molar-refractivity contribution in [3.8, 4) is 11.5 Å². The predicted molar refractivity (Wildman–Crippen MR) is 113 cm³/mol. The molecule has 0 aromatic heterocycles. The number of hydrogen-bond acceptors (Lipinski definition) is 6. The van der Waals surface area contributed by atoms with Crippen LogP contribution in [0.5, 0.6) is 11.5 Å². The molecule has 1 N–H and O–H groups in total. The Bertz CT molecular complexity index is 1040. The molecule has 30 heavy (non-hydrogen) atoms. The van der Waals surface area contributed by atoms with E-state index >= 15 is 0 Å². The quantitative estimate of drug-likeness (QED) is 0.479. The fraction of sp³-hybridized carbons (Fsp3) is 0.150. The maximum Gasteiger partial charge on any atom is 0.387 e. The van der Waals surface area contributed by atoms with E-state index in [4.69, 9.17) is 22.1 Å². The van der Waals surface area contributed by atoms with Crippen LogP contribution >= 0.6 is 24.0 Å². The number of carboxylic acids is 1. The zero-order chi connectivity index (χ0) is 21.8. The van der Waals surface area contributed by atoms with Crippen molar-refractivity contribution in [2.24, 2.45) is 0 Å². The first-order chi connectivity index (χ1) is 14.3. The first-order valence-corrected chi connectivity index (χ1v) is 9.85. The van der Waals surface area contributed by atoms with Crippen LogP contribution in [-0.4, -0.2) is 34.5 Å². The van der Waals surface area contributed by atoms with Gasteiger partial charge in [-0.3, -0.25) is 9.69 Å². The molecular weight excluding hydrogens is 436 g/mol. The number of thiocarbonyl (C=S) groups is 1. The molecule has 0 spiro atoms.